The van der Waals surface area contributed by atoms with E-state index >= 15 is 0 Å². The molecule has 6 heteroatoms. The molecule has 0 saturated heterocycles. The van der Waals surface area contributed by atoms with Gasteiger partial charge in [-0.3, -0.25) is 4.90 Å². The summed E-state index contributed by atoms with van der Waals surface area (Å²) in [5.41, 5.74) is 3.44. The lowest BCUT2D eigenvalue weighted by atomic mass is 10.1. The SMILES string of the molecule is CCOc1ncnc2c1CN(Cc1ccc3c(c1)OCCO3)CC2. The Morgan fingerprint density at radius 2 is 2.04 bits per heavy atom. The molecule has 0 amide bonds. The van der Waals surface area contributed by atoms with E-state index in [1.54, 1.807) is 6.33 Å². The van der Waals surface area contributed by atoms with Crippen LogP contribution in [-0.2, 0) is 19.5 Å². The van der Waals surface area contributed by atoms with Crippen molar-refractivity contribution in [3.63, 3.8) is 0 Å². The van der Waals surface area contributed by atoms with Gasteiger partial charge in [-0.15, -0.1) is 0 Å². The Kier molecular flexibility index (Phi) is 4.21. The summed E-state index contributed by atoms with van der Waals surface area (Å²) < 4.78 is 16.9. The Balaban J connectivity index is 1.51. The van der Waals surface area contributed by atoms with Gasteiger partial charge in [0.05, 0.1) is 12.3 Å². The van der Waals surface area contributed by atoms with Gasteiger partial charge in [0.2, 0.25) is 5.88 Å². The lowest BCUT2D eigenvalue weighted by Crippen LogP contribution is -2.31. The minimum absolute atomic E-state index is 0.614. The molecule has 2 aliphatic heterocycles. The zero-order chi connectivity index (χ0) is 16.4. The van der Waals surface area contributed by atoms with E-state index in [1.165, 1.54) is 5.56 Å². The molecule has 0 spiro atoms. The molecule has 24 heavy (non-hydrogen) atoms. The summed E-state index contributed by atoms with van der Waals surface area (Å²) >= 11 is 0. The largest absolute Gasteiger partial charge is 0.486 e. The zero-order valence-corrected chi connectivity index (χ0v) is 13.8. The summed E-state index contributed by atoms with van der Waals surface area (Å²) in [6.07, 6.45) is 2.52. The normalized spacial score (nSPS) is 16.5. The van der Waals surface area contributed by atoms with Crippen LogP contribution in [0.25, 0.3) is 0 Å². The van der Waals surface area contributed by atoms with Gasteiger partial charge < -0.3 is 14.2 Å². The van der Waals surface area contributed by atoms with Crippen molar-refractivity contribution in [1.82, 2.24) is 14.9 Å². The summed E-state index contributed by atoms with van der Waals surface area (Å²) in [6, 6.07) is 6.18. The smallest absolute Gasteiger partial charge is 0.221 e. The highest BCUT2D eigenvalue weighted by Crippen LogP contribution is 2.32. The molecule has 0 saturated carbocycles. The van der Waals surface area contributed by atoms with Crippen molar-refractivity contribution in [1.29, 1.82) is 0 Å². The second-order valence-corrected chi connectivity index (χ2v) is 5.98. The van der Waals surface area contributed by atoms with Crippen LogP contribution in [0.5, 0.6) is 17.4 Å². The van der Waals surface area contributed by atoms with E-state index < -0.39 is 0 Å². The van der Waals surface area contributed by atoms with Crippen LogP contribution in [0.3, 0.4) is 0 Å². The van der Waals surface area contributed by atoms with Gasteiger partial charge in [-0.25, -0.2) is 9.97 Å². The quantitative estimate of drug-likeness (QED) is 0.858. The van der Waals surface area contributed by atoms with Crippen molar-refractivity contribution >= 4 is 0 Å². The molecular formula is C18H21N3O3. The Morgan fingerprint density at radius 3 is 2.92 bits per heavy atom. The highest BCUT2D eigenvalue weighted by atomic mass is 16.6. The number of aromatic nitrogens is 2. The fourth-order valence-electron chi connectivity index (χ4n) is 3.21. The van der Waals surface area contributed by atoms with Crippen LogP contribution >= 0.6 is 0 Å². The molecule has 4 rings (SSSR count). The molecule has 1 aromatic heterocycles. The topological polar surface area (TPSA) is 56.7 Å². The molecule has 0 bridgehead atoms. The lowest BCUT2D eigenvalue weighted by Gasteiger charge is -2.29. The van der Waals surface area contributed by atoms with Gasteiger partial charge in [0.25, 0.3) is 0 Å². The number of rotatable bonds is 4. The Hall–Kier alpha value is -2.34. The van der Waals surface area contributed by atoms with E-state index in [9.17, 15) is 0 Å². The summed E-state index contributed by atoms with van der Waals surface area (Å²) in [5, 5.41) is 0. The van der Waals surface area contributed by atoms with E-state index in [-0.39, 0.29) is 0 Å². The number of benzene rings is 1. The van der Waals surface area contributed by atoms with Gasteiger partial charge >= 0.3 is 0 Å². The molecule has 0 fully saturated rings. The third kappa shape index (κ3) is 3.01. The maximum absolute atomic E-state index is 5.68. The molecule has 2 aliphatic rings. The summed E-state index contributed by atoms with van der Waals surface area (Å²) in [4.78, 5) is 11.1. The highest BCUT2D eigenvalue weighted by Gasteiger charge is 2.22. The van der Waals surface area contributed by atoms with Crippen LogP contribution in [0.4, 0.5) is 0 Å². The van der Waals surface area contributed by atoms with Crippen molar-refractivity contribution in [2.75, 3.05) is 26.4 Å². The van der Waals surface area contributed by atoms with Crippen molar-refractivity contribution in [2.45, 2.75) is 26.4 Å². The van der Waals surface area contributed by atoms with Crippen LogP contribution < -0.4 is 14.2 Å². The first-order valence-corrected chi connectivity index (χ1v) is 8.40. The van der Waals surface area contributed by atoms with Crippen LogP contribution in [-0.4, -0.2) is 41.2 Å². The van der Waals surface area contributed by atoms with Gasteiger partial charge in [-0.2, -0.15) is 0 Å². The maximum Gasteiger partial charge on any atom is 0.221 e. The molecule has 3 heterocycles. The Bertz CT molecular complexity index is 735. The molecule has 0 N–H and O–H groups in total. The first-order chi connectivity index (χ1) is 11.8. The fraction of sp³-hybridized carbons (Fsp3) is 0.444. The van der Waals surface area contributed by atoms with Gasteiger partial charge in [0, 0.05) is 31.6 Å². The van der Waals surface area contributed by atoms with Crippen LogP contribution in [0, 0.1) is 0 Å². The lowest BCUT2D eigenvalue weighted by molar-refractivity contribution is 0.170. The average molecular weight is 327 g/mol. The van der Waals surface area contributed by atoms with E-state index in [1.807, 2.05) is 13.0 Å². The first kappa shape index (κ1) is 15.2. The highest BCUT2D eigenvalue weighted by molar-refractivity contribution is 5.44. The number of nitrogens with zero attached hydrogens (tertiary/aromatic N) is 3. The van der Waals surface area contributed by atoms with Gasteiger partial charge in [-0.05, 0) is 24.6 Å². The maximum atomic E-state index is 5.68. The number of ether oxygens (including phenoxy) is 3. The second kappa shape index (κ2) is 6.65. The number of fused-ring (bicyclic) bond motifs is 2. The average Bonchev–Trinajstić information content (AvgIpc) is 2.62. The molecule has 0 atom stereocenters. The Labute approximate surface area is 141 Å². The zero-order valence-electron chi connectivity index (χ0n) is 13.8. The molecule has 0 radical (unpaired) electrons. The van der Waals surface area contributed by atoms with Crippen LogP contribution in [0.2, 0.25) is 0 Å². The molecule has 6 nitrogen and oxygen atoms in total. The summed E-state index contributed by atoms with van der Waals surface area (Å²) in [5.74, 6) is 2.39. The first-order valence-electron chi connectivity index (χ1n) is 8.40. The monoisotopic (exact) mass is 327 g/mol. The fourth-order valence-corrected chi connectivity index (χ4v) is 3.21. The standard InChI is InChI=1S/C18H21N3O3/c1-2-22-18-14-11-21(6-5-15(14)19-12-20-18)10-13-3-4-16-17(9-13)24-8-7-23-16/h3-4,9,12H,2,5-8,10-11H2,1H3. The molecule has 0 aliphatic carbocycles. The van der Waals surface area contributed by atoms with Gasteiger partial charge in [-0.1, -0.05) is 6.07 Å². The third-order valence-corrected chi connectivity index (χ3v) is 4.34. The predicted molar refractivity (Wildman–Crippen MR) is 88.5 cm³/mol. The summed E-state index contributed by atoms with van der Waals surface area (Å²) in [6.45, 7) is 6.47. The van der Waals surface area contributed by atoms with Crippen molar-refractivity contribution in [3.8, 4) is 17.4 Å². The molecule has 0 unspecified atom stereocenters. The Morgan fingerprint density at radius 1 is 1.17 bits per heavy atom. The molecule has 2 aromatic rings. The van der Waals surface area contributed by atoms with E-state index in [2.05, 4.69) is 27.0 Å². The molecule has 1 aromatic carbocycles. The van der Waals surface area contributed by atoms with E-state index in [0.29, 0.717) is 19.8 Å². The third-order valence-electron chi connectivity index (χ3n) is 4.34. The predicted octanol–water partition coefficient (Wildman–Crippen LogP) is 2.20. The molecule has 126 valence electrons. The van der Waals surface area contributed by atoms with E-state index in [0.717, 1.165) is 54.7 Å². The van der Waals surface area contributed by atoms with Gasteiger partial charge in [0.15, 0.2) is 11.5 Å². The number of hydrogen-bond acceptors (Lipinski definition) is 6. The van der Waals surface area contributed by atoms with Crippen molar-refractivity contribution in [3.05, 3.63) is 41.3 Å². The van der Waals surface area contributed by atoms with Crippen molar-refractivity contribution in [2.24, 2.45) is 0 Å². The van der Waals surface area contributed by atoms with Crippen LogP contribution in [0.15, 0.2) is 24.5 Å². The van der Waals surface area contributed by atoms with Crippen molar-refractivity contribution < 1.29 is 14.2 Å². The molecular weight excluding hydrogens is 306 g/mol. The number of hydrogen-bond donors (Lipinski definition) is 0. The van der Waals surface area contributed by atoms with Crippen LogP contribution in [0.1, 0.15) is 23.7 Å². The summed E-state index contributed by atoms with van der Waals surface area (Å²) in [7, 11) is 0. The minimum Gasteiger partial charge on any atom is -0.486 e. The van der Waals surface area contributed by atoms with Gasteiger partial charge in [0.1, 0.15) is 19.5 Å². The second-order valence-electron chi connectivity index (χ2n) is 5.98. The van der Waals surface area contributed by atoms with E-state index in [4.69, 9.17) is 14.2 Å². The minimum atomic E-state index is 0.614.